The zero-order valence-electron chi connectivity index (χ0n) is 22.6. The molecule has 1 saturated heterocycles. The number of ether oxygens (including phenoxy) is 2. The summed E-state index contributed by atoms with van der Waals surface area (Å²) in [5, 5.41) is 13.0. The first-order valence-corrected chi connectivity index (χ1v) is 15.3. The fourth-order valence-electron chi connectivity index (χ4n) is 3.16. The number of aliphatic hydroxyl groups is 1. The fraction of sp³-hybridized carbons (Fsp3) is 0.727. The number of carbonyl (C=O) groups is 2. The smallest absolute Gasteiger partial charge is 0.406 e. The predicted molar refractivity (Wildman–Crippen MR) is 146 cm³/mol. The third-order valence-electron chi connectivity index (χ3n) is 5.21. The zero-order chi connectivity index (χ0) is 30.6. The first kappa shape index (κ1) is 34.9. The van der Waals surface area contributed by atoms with Gasteiger partial charge in [0.05, 0.1) is 25.5 Å². The van der Waals surface area contributed by atoms with Gasteiger partial charge in [-0.1, -0.05) is 55.7 Å². The fourth-order valence-corrected chi connectivity index (χ4v) is 6.14. The molecular weight excluding hydrogens is 619 g/mol. The molecule has 0 spiro atoms. The van der Waals surface area contributed by atoms with E-state index in [4.69, 9.17) is 41.7 Å². The summed E-state index contributed by atoms with van der Waals surface area (Å²) in [7, 11) is -4.34. The normalized spacial score (nSPS) is 23.1. The SMILES string of the molecule is CC(C)OC(=O)C(C)NP(=O)(OCCSC(=O)C(C)(C)C)OC[C@H]1O[C@@H](n2cc(F)c(=O)[nH]c2=O)C(Cl)(Cl)[C@@H]1O. The number of alkyl halides is 2. The molecular formula is C22H33Cl2FN3O10PS. The van der Waals surface area contributed by atoms with Crippen LogP contribution in [0.25, 0.3) is 0 Å². The van der Waals surface area contributed by atoms with E-state index in [2.05, 4.69) is 5.09 Å². The molecule has 18 heteroatoms. The van der Waals surface area contributed by atoms with Crippen molar-refractivity contribution in [3.63, 3.8) is 0 Å². The third-order valence-corrected chi connectivity index (χ3v) is 8.99. The average Bonchev–Trinajstić information content (AvgIpc) is 3.05. The number of halogens is 3. The molecule has 0 aromatic carbocycles. The predicted octanol–water partition coefficient (Wildman–Crippen LogP) is 2.48. The first-order valence-electron chi connectivity index (χ1n) is 12.1. The maximum Gasteiger partial charge on any atom is 0.406 e. The molecule has 0 amide bonds. The lowest BCUT2D eigenvalue weighted by Gasteiger charge is -2.25. The molecule has 1 aromatic heterocycles. The highest BCUT2D eigenvalue weighted by Gasteiger charge is 2.56. The summed E-state index contributed by atoms with van der Waals surface area (Å²) in [5.74, 6) is -1.99. The Balaban J connectivity index is 2.19. The van der Waals surface area contributed by atoms with Crippen LogP contribution in [0.15, 0.2) is 15.8 Å². The molecule has 40 heavy (non-hydrogen) atoms. The number of aromatic nitrogens is 2. The van der Waals surface area contributed by atoms with Crippen LogP contribution in [0.5, 0.6) is 0 Å². The summed E-state index contributed by atoms with van der Waals surface area (Å²) in [6.07, 6.45) is -4.84. The Morgan fingerprint density at radius 2 is 1.93 bits per heavy atom. The second-order valence-electron chi connectivity index (χ2n) is 10.1. The summed E-state index contributed by atoms with van der Waals surface area (Å²) in [6, 6.07) is -1.16. The number of hydrogen-bond donors (Lipinski definition) is 3. The van der Waals surface area contributed by atoms with Gasteiger partial charge in [-0.25, -0.2) is 14.4 Å². The van der Waals surface area contributed by atoms with Gasteiger partial charge in [0.15, 0.2) is 15.7 Å². The second kappa shape index (κ2) is 13.8. The van der Waals surface area contributed by atoms with Crippen LogP contribution in [-0.4, -0.2) is 73.4 Å². The Hall–Kier alpha value is -1.29. The van der Waals surface area contributed by atoms with Crippen LogP contribution in [0.1, 0.15) is 47.8 Å². The summed E-state index contributed by atoms with van der Waals surface area (Å²) in [5.41, 5.74) is -3.02. The molecule has 2 rings (SSSR count). The van der Waals surface area contributed by atoms with Gasteiger partial charge in [0, 0.05) is 11.2 Å². The number of carbonyl (C=O) groups excluding carboxylic acids is 2. The van der Waals surface area contributed by atoms with Crippen LogP contribution >= 0.6 is 42.7 Å². The molecule has 2 unspecified atom stereocenters. The number of aliphatic hydroxyl groups excluding tert-OH is 1. The highest BCUT2D eigenvalue weighted by Crippen LogP contribution is 2.49. The Kier molecular flexibility index (Phi) is 12.0. The van der Waals surface area contributed by atoms with E-state index in [1.807, 2.05) is 0 Å². The molecule has 2 heterocycles. The van der Waals surface area contributed by atoms with Crippen LogP contribution in [0.3, 0.4) is 0 Å². The molecule has 1 aliphatic heterocycles. The first-order chi connectivity index (χ1) is 18.3. The average molecular weight is 652 g/mol. The Bertz CT molecular complexity index is 1240. The molecule has 0 aliphatic carbocycles. The van der Waals surface area contributed by atoms with E-state index < -0.39 is 77.7 Å². The van der Waals surface area contributed by atoms with Crippen molar-refractivity contribution in [1.29, 1.82) is 0 Å². The Labute approximate surface area is 244 Å². The highest BCUT2D eigenvalue weighted by atomic mass is 35.5. The molecule has 228 valence electrons. The number of aromatic amines is 1. The van der Waals surface area contributed by atoms with E-state index in [-0.39, 0.29) is 17.5 Å². The third kappa shape index (κ3) is 9.10. The maximum absolute atomic E-state index is 13.8. The van der Waals surface area contributed by atoms with Gasteiger partial charge in [-0.15, -0.1) is 0 Å². The second-order valence-corrected chi connectivity index (χ2v) is 14.4. The van der Waals surface area contributed by atoms with Crippen molar-refractivity contribution in [3.05, 3.63) is 32.9 Å². The van der Waals surface area contributed by atoms with Crippen molar-refractivity contribution in [3.8, 4) is 0 Å². The van der Waals surface area contributed by atoms with Crippen molar-refractivity contribution in [2.45, 2.75) is 76.5 Å². The molecule has 5 atom stereocenters. The summed E-state index contributed by atoms with van der Waals surface area (Å²) < 4.78 is 47.2. The largest absolute Gasteiger partial charge is 0.462 e. The van der Waals surface area contributed by atoms with Gasteiger partial charge in [0.1, 0.15) is 18.2 Å². The van der Waals surface area contributed by atoms with E-state index in [1.54, 1.807) is 39.6 Å². The van der Waals surface area contributed by atoms with E-state index in [9.17, 15) is 33.2 Å². The van der Waals surface area contributed by atoms with Crippen LogP contribution in [0.2, 0.25) is 0 Å². The molecule has 0 radical (unpaired) electrons. The number of hydrogen-bond acceptors (Lipinski definition) is 11. The van der Waals surface area contributed by atoms with Crippen molar-refractivity contribution in [1.82, 2.24) is 14.6 Å². The molecule has 13 nitrogen and oxygen atoms in total. The standard InChI is InChI=1S/C22H33Cl2FN3O10PS/c1-11(2)37-17(31)12(3)27-39(34,35-7-8-40-19(32)21(4,5)6)36-10-14-15(29)22(23,24)18(38-14)28-9-13(25)16(30)26-20(28)33/h9,11-12,14-15,18,29H,7-8,10H2,1-6H3,(H,27,34)(H,26,30,33)/t12?,14-,15-,18-,39?/m1/s1. The van der Waals surface area contributed by atoms with Gasteiger partial charge in [0.2, 0.25) is 5.82 Å². The molecule has 1 fully saturated rings. The number of nitrogens with one attached hydrogen (secondary N) is 2. The van der Waals surface area contributed by atoms with Crippen LogP contribution in [0.4, 0.5) is 4.39 Å². The number of rotatable bonds is 12. The highest BCUT2D eigenvalue weighted by molar-refractivity contribution is 8.13. The van der Waals surface area contributed by atoms with E-state index >= 15 is 0 Å². The molecule has 0 bridgehead atoms. The Morgan fingerprint density at radius 3 is 2.50 bits per heavy atom. The van der Waals surface area contributed by atoms with Crippen LogP contribution < -0.4 is 16.3 Å². The Morgan fingerprint density at radius 1 is 1.30 bits per heavy atom. The summed E-state index contributed by atoms with van der Waals surface area (Å²) in [4.78, 5) is 49.7. The molecule has 1 aliphatic rings. The van der Waals surface area contributed by atoms with Crippen molar-refractivity contribution in [2.75, 3.05) is 19.0 Å². The quantitative estimate of drug-likeness (QED) is 0.130. The number of thioether (sulfide) groups is 1. The minimum absolute atomic E-state index is 0.105. The van der Waals surface area contributed by atoms with Crippen molar-refractivity contribution >= 4 is 53.8 Å². The van der Waals surface area contributed by atoms with E-state index in [0.717, 1.165) is 11.8 Å². The van der Waals surface area contributed by atoms with Crippen molar-refractivity contribution < 1.29 is 42.2 Å². The number of nitrogens with zero attached hydrogens (tertiary/aromatic N) is 1. The lowest BCUT2D eigenvalue weighted by atomic mass is 10.00. The molecule has 1 aromatic rings. The monoisotopic (exact) mass is 651 g/mol. The molecule has 3 N–H and O–H groups in total. The van der Waals surface area contributed by atoms with Gasteiger partial charge in [-0.2, -0.15) is 4.39 Å². The van der Waals surface area contributed by atoms with Gasteiger partial charge < -0.3 is 14.6 Å². The lowest BCUT2D eigenvalue weighted by Crippen LogP contribution is -2.42. The van der Waals surface area contributed by atoms with Gasteiger partial charge >= 0.3 is 19.4 Å². The minimum atomic E-state index is -4.34. The summed E-state index contributed by atoms with van der Waals surface area (Å²) in [6.45, 7) is 8.90. The number of H-pyrrole nitrogens is 1. The maximum atomic E-state index is 13.8. The van der Waals surface area contributed by atoms with E-state index in [0.29, 0.717) is 10.8 Å². The molecule has 0 saturated carbocycles. The topological polar surface area (TPSA) is 175 Å². The van der Waals surface area contributed by atoms with Gasteiger partial charge in [-0.3, -0.25) is 33.0 Å². The van der Waals surface area contributed by atoms with Crippen molar-refractivity contribution in [2.24, 2.45) is 5.41 Å². The van der Waals surface area contributed by atoms with E-state index in [1.165, 1.54) is 6.92 Å². The van der Waals surface area contributed by atoms with Crippen LogP contribution in [0, 0.1) is 11.2 Å². The van der Waals surface area contributed by atoms with Crippen LogP contribution in [-0.2, 0) is 32.7 Å². The zero-order valence-corrected chi connectivity index (χ0v) is 25.9. The number of esters is 1. The van der Waals surface area contributed by atoms with Gasteiger partial charge in [-0.05, 0) is 20.8 Å². The minimum Gasteiger partial charge on any atom is -0.462 e. The van der Waals surface area contributed by atoms with Gasteiger partial charge in [0.25, 0.3) is 5.56 Å². The lowest BCUT2D eigenvalue weighted by molar-refractivity contribution is -0.149. The summed E-state index contributed by atoms with van der Waals surface area (Å²) >= 11 is 13.4.